The molecule has 15 heavy (non-hydrogen) atoms. The molecule has 2 aromatic heterocycles. The molecule has 0 atom stereocenters. The standard InChI is InChI=1S/C10H7BrN4/c1-6-4-10-12-13-14-15(10)9-5-7(11)2-3-8(6)9/h2-5H,1H3. The average Bonchev–Trinajstić information content (AvgIpc) is 2.65. The predicted octanol–water partition coefficient (Wildman–Crippen LogP) is 2.35. The van der Waals surface area contributed by atoms with Gasteiger partial charge in [-0.2, -0.15) is 4.52 Å². The molecule has 0 saturated carbocycles. The van der Waals surface area contributed by atoms with E-state index in [0.717, 1.165) is 21.0 Å². The van der Waals surface area contributed by atoms with E-state index in [1.165, 1.54) is 5.56 Å². The van der Waals surface area contributed by atoms with Crippen molar-refractivity contribution in [1.82, 2.24) is 20.0 Å². The highest BCUT2D eigenvalue weighted by Gasteiger charge is 2.06. The first-order valence-electron chi connectivity index (χ1n) is 4.53. The van der Waals surface area contributed by atoms with Crippen LogP contribution in [0.4, 0.5) is 0 Å². The number of fused-ring (bicyclic) bond motifs is 3. The highest BCUT2D eigenvalue weighted by atomic mass is 79.9. The van der Waals surface area contributed by atoms with Gasteiger partial charge >= 0.3 is 0 Å². The number of hydrogen-bond acceptors (Lipinski definition) is 3. The van der Waals surface area contributed by atoms with Crippen LogP contribution in [-0.4, -0.2) is 20.0 Å². The molecule has 0 radical (unpaired) electrons. The van der Waals surface area contributed by atoms with Crippen molar-refractivity contribution in [3.8, 4) is 0 Å². The monoisotopic (exact) mass is 262 g/mol. The molecule has 0 N–H and O–H groups in total. The van der Waals surface area contributed by atoms with Crippen LogP contribution in [0.15, 0.2) is 28.7 Å². The molecular weight excluding hydrogens is 256 g/mol. The fourth-order valence-electron chi connectivity index (χ4n) is 1.74. The van der Waals surface area contributed by atoms with Gasteiger partial charge in [-0.25, -0.2) is 0 Å². The Morgan fingerprint density at radius 1 is 1.27 bits per heavy atom. The van der Waals surface area contributed by atoms with Crippen LogP contribution in [0.3, 0.4) is 0 Å². The van der Waals surface area contributed by atoms with E-state index in [2.05, 4.69) is 44.4 Å². The first-order valence-corrected chi connectivity index (χ1v) is 5.32. The number of hydrogen-bond donors (Lipinski definition) is 0. The minimum atomic E-state index is 0.776. The molecular formula is C10H7BrN4. The summed E-state index contributed by atoms with van der Waals surface area (Å²) in [7, 11) is 0. The Morgan fingerprint density at radius 3 is 3.00 bits per heavy atom. The van der Waals surface area contributed by atoms with Crippen LogP contribution >= 0.6 is 15.9 Å². The molecule has 0 amide bonds. The number of aryl methyl sites for hydroxylation is 1. The van der Waals surface area contributed by atoms with Gasteiger partial charge in [0.05, 0.1) is 5.52 Å². The van der Waals surface area contributed by atoms with E-state index < -0.39 is 0 Å². The maximum atomic E-state index is 3.96. The summed E-state index contributed by atoms with van der Waals surface area (Å²) in [6.07, 6.45) is 0. The van der Waals surface area contributed by atoms with E-state index in [0.29, 0.717) is 0 Å². The second-order valence-corrected chi connectivity index (χ2v) is 4.35. The second-order valence-electron chi connectivity index (χ2n) is 3.44. The van der Waals surface area contributed by atoms with Gasteiger partial charge in [-0.05, 0) is 41.1 Å². The van der Waals surface area contributed by atoms with E-state index in [-0.39, 0.29) is 0 Å². The van der Waals surface area contributed by atoms with Crippen molar-refractivity contribution in [2.24, 2.45) is 0 Å². The van der Waals surface area contributed by atoms with E-state index in [9.17, 15) is 0 Å². The zero-order valence-electron chi connectivity index (χ0n) is 7.98. The van der Waals surface area contributed by atoms with E-state index in [1.54, 1.807) is 4.52 Å². The summed E-state index contributed by atoms with van der Waals surface area (Å²) >= 11 is 3.45. The summed E-state index contributed by atoms with van der Waals surface area (Å²) in [6, 6.07) is 8.09. The van der Waals surface area contributed by atoms with Gasteiger partial charge in [-0.1, -0.05) is 22.0 Å². The summed E-state index contributed by atoms with van der Waals surface area (Å²) in [5, 5.41) is 12.7. The molecule has 2 heterocycles. The SMILES string of the molecule is Cc1cc2nnnn2c2cc(Br)ccc12. The molecule has 0 bridgehead atoms. The molecule has 74 valence electrons. The van der Waals surface area contributed by atoms with Crippen molar-refractivity contribution in [1.29, 1.82) is 0 Å². The zero-order valence-corrected chi connectivity index (χ0v) is 9.56. The largest absolute Gasteiger partial charge is 0.193 e. The quantitative estimate of drug-likeness (QED) is 0.625. The predicted molar refractivity (Wildman–Crippen MR) is 60.7 cm³/mol. The maximum Gasteiger partial charge on any atom is 0.180 e. The summed E-state index contributed by atoms with van der Waals surface area (Å²) in [5.41, 5.74) is 2.97. The zero-order chi connectivity index (χ0) is 10.4. The van der Waals surface area contributed by atoms with Crippen molar-refractivity contribution in [3.05, 3.63) is 34.3 Å². The van der Waals surface area contributed by atoms with Crippen LogP contribution in [-0.2, 0) is 0 Å². The van der Waals surface area contributed by atoms with Gasteiger partial charge in [0.2, 0.25) is 0 Å². The van der Waals surface area contributed by atoms with Crippen molar-refractivity contribution in [3.63, 3.8) is 0 Å². The lowest BCUT2D eigenvalue weighted by Crippen LogP contribution is -1.92. The topological polar surface area (TPSA) is 43.1 Å². The Bertz CT molecular complexity index is 659. The van der Waals surface area contributed by atoms with E-state index in [4.69, 9.17) is 0 Å². The van der Waals surface area contributed by atoms with Crippen molar-refractivity contribution in [2.75, 3.05) is 0 Å². The minimum Gasteiger partial charge on any atom is -0.193 e. The lowest BCUT2D eigenvalue weighted by Gasteiger charge is -2.03. The van der Waals surface area contributed by atoms with Crippen LogP contribution in [0.5, 0.6) is 0 Å². The lowest BCUT2D eigenvalue weighted by molar-refractivity contribution is 0.841. The molecule has 5 heteroatoms. The number of benzene rings is 1. The molecule has 1 aromatic carbocycles. The van der Waals surface area contributed by atoms with Crippen LogP contribution in [0.2, 0.25) is 0 Å². The number of halogens is 1. The van der Waals surface area contributed by atoms with Crippen LogP contribution in [0.25, 0.3) is 16.6 Å². The molecule has 4 nitrogen and oxygen atoms in total. The molecule has 3 rings (SSSR count). The van der Waals surface area contributed by atoms with Gasteiger partial charge in [-0.3, -0.25) is 0 Å². The molecule has 0 unspecified atom stereocenters. The van der Waals surface area contributed by atoms with E-state index >= 15 is 0 Å². The van der Waals surface area contributed by atoms with Crippen molar-refractivity contribution in [2.45, 2.75) is 6.92 Å². The molecule has 0 aliphatic heterocycles. The highest BCUT2D eigenvalue weighted by Crippen LogP contribution is 2.23. The maximum absolute atomic E-state index is 3.96. The third kappa shape index (κ3) is 1.23. The average molecular weight is 263 g/mol. The summed E-state index contributed by atoms with van der Waals surface area (Å²) < 4.78 is 2.77. The highest BCUT2D eigenvalue weighted by molar-refractivity contribution is 9.10. The number of pyridine rings is 1. The van der Waals surface area contributed by atoms with Crippen molar-refractivity contribution >= 4 is 32.5 Å². The Balaban J connectivity index is 2.63. The molecule has 0 fully saturated rings. The normalized spacial score (nSPS) is 11.3. The molecule has 0 spiro atoms. The summed E-state index contributed by atoms with van der Waals surface area (Å²) in [6.45, 7) is 2.06. The molecule has 0 saturated heterocycles. The Kier molecular flexibility index (Phi) is 1.76. The third-order valence-corrected chi connectivity index (χ3v) is 2.95. The minimum absolute atomic E-state index is 0.776. The Morgan fingerprint density at radius 2 is 2.13 bits per heavy atom. The summed E-state index contributed by atoms with van der Waals surface area (Å²) in [4.78, 5) is 0. The molecule has 0 aliphatic rings. The van der Waals surface area contributed by atoms with Crippen LogP contribution < -0.4 is 0 Å². The lowest BCUT2D eigenvalue weighted by atomic mass is 10.1. The number of tetrazole rings is 1. The summed E-state index contributed by atoms with van der Waals surface area (Å²) in [5.74, 6) is 0. The Labute approximate surface area is 94.0 Å². The van der Waals surface area contributed by atoms with E-state index in [1.807, 2.05) is 18.2 Å². The molecule has 0 aliphatic carbocycles. The smallest absolute Gasteiger partial charge is 0.180 e. The van der Waals surface area contributed by atoms with Crippen LogP contribution in [0.1, 0.15) is 5.56 Å². The first kappa shape index (κ1) is 8.79. The third-order valence-electron chi connectivity index (χ3n) is 2.45. The first-order chi connectivity index (χ1) is 7.25. The van der Waals surface area contributed by atoms with Gasteiger partial charge in [0.1, 0.15) is 0 Å². The number of nitrogens with zero attached hydrogens (tertiary/aromatic N) is 4. The van der Waals surface area contributed by atoms with Gasteiger partial charge in [0.15, 0.2) is 5.65 Å². The number of aromatic nitrogens is 4. The fourth-order valence-corrected chi connectivity index (χ4v) is 2.09. The Hall–Kier alpha value is -1.49. The van der Waals surface area contributed by atoms with Crippen LogP contribution in [0, 0.1) is 6.92 Å². The molecule has 3 aromatic rings. The van der Waals surface area contributed by atoms with Gasteiger partial charge in [0, 0.05) is 9.86 Å². The van der Waals surface area contributed by atoms with Gasteiger partial charge in [-0.15, -0.1) is 5.10 Å². The van der Waals surface area contributed by atoms with Gasteiger partial charge in [0.25, 0.3) is 0 Å². The fraction of sp³-hybridized carbons (Fsp3) is 0.100. The number of rotatable bonds is 0. The van der Waals surface area contributed by atoms with Gasteiger partial charge < -0.3 is 0 Å². The van der Waals surface area contributed by atoms with Crippen molar-refractivity contribution < 1.29 is 0 Å². The second kappa shape index (κ2) is 3.00.